The lowest BCUT2D eigenvalue weighted by molar-refractivity contribution is -0.104. The van der Waals surface area contributed by atoms with E-state index >= 15 is 0 Å². The summed E-state index contributed by atoms with van der Waals surface area (Å²) in [7, 11) is 3.56. The van der Waals surface area contributed by atoms with Gasteiger partial charge < -0.3 is 20.5 Å². The van der Waals surface area contributed by atoms with E-state index in [2.05, 4.69) is 15.0 Å². The van der Waals surface area contributed by atoms with E-state index in [1.54, 1.807) is 7.11 Å². The van der Waals surface area contributed by atoms with Crippen LogP contribution in [-0.2, 0) is 4.79 Å². The quantitative estimate of drug-likeness (QED) is 0.131. The van der Waals surface area contributed by atoms with Crippen LogP contribution >= 0.6 is 23.5 Å². The van der Waals surface area contributed by atoms with E-state index in [9.17, 15) is 4.79 Å². The third-order valence-corrected chi connectivity index (χ3v) is 5.15. The first-order chi connectivity index (χ1) is 15.6. The standard InChI is InChI=1S/C14H15ClN2OS.C10H10N2O/c1-16-12-7-8-13(18-2)14(9-12)19-17-11-5-3-10(15)4-6-11;11-10(12-7-4-8-13)9-5-2-1-3-6-9/h3-9,16-17H,1-2H3;1-8H,(H2,11,12)/b;7-4+. The Hall–Kier alpha value is -3.42. The molecule has 6 nitrogen and oxygen atoms in total. The molecule has 8 heteroatoms. The topological polar surface area (TPSA) is 88.7 Å². The zero-order chi connectivity index (χ0) is 23.2. The molecular weight excluding hydrogens is 444 g/mol. The van der Waals surface area contributed by atoms with Crippen LogP contribution in [0.25, 0.3) is 0 Å². The van der Waals surface area contributed by atoms with Crippen molar-refractivity contribution < 1.29 is 9.53 Å². The first-order valence-corrected chi connectivity index (χ1v) is 10.8. The lowest BCUT2D eigenvalue weighted by Gasteiger charge is -2.11. The van der Waals surface area contributed by atoms with Crippen molar-refractivity contribution >= 4 is 47.0 Å². The zero-order valence-corrected chi connectivity index (χ0v) is 19.4. The number of benzene rings is 3. The van der Waals surface area contributed by atoms with Crippen molar-refractivity contribution in [3.05, 3.63) is 95.7 Å². The highest BCUT2D eigenvalue weighted by atomic mass is 35.5. The molecule has 0 saturated carbocycles. The maximum absolute atomic E-state index is 9.93. The number of hydrogen-bond donors (Lipinski definition) is 3. The van der Waals surface area contributed by atoms with Gasteiger partial charge in [-0.1, -0.05) is 41.9 Å². The fraction of sp³-hybridized carbons (Fsp3) is 0.0833. The van der Waals surface area contributed by atoms with Gasteiger partial charge in [-0.2, -0.15) is 0 Å². The molecule has 0 fully saturated rings. The van der Waals surface area contributed by atoms with Gasteiger partial charge in [-0.25, -0.2) is 4.99 Å². The molecule has 166 valence electrons. The second-order valence-electron chi connectivity index (χ2n) is 6.18. The number of allylic oxidation sites excluding steroid dienone is 1. The Bertz CT molecular complexity index is 1040. The molecule has 0 spiro atoms. The van der Waals surface area contributed by atoms with Crippen molar-refractivity contribution in [1.82, 2.24) is 0 Å². The summed E-state index contributed by atoms with van der Waals surface area (Å²) in [5.74, 6) is 1.24. The van der Waals surface area contributed by atoms with Crippen molar-refractivity contribution in [2.75, 3.05) is 24.2 Å². The Labute approximate surface area is 197 Å². The molecule has 3 aromatic rings. The Morgan fingerprint density at radius 2 is 1.75 bits per heavy atom. The first kappa shape index (κ1) is 24.8. The molecule has 0 aliphatic rings. The van der Waals surface area contributed by atoms with Gasteiger partial charge in [0.1, 0.15) is 17.9 Å². The monoisotopic (exact) mass is 468 g/mol. The molecule has 0 amide bonds. The summed E-state index contributed by atoms with van der Waals surface area (Å²) in [6.45, 7) is 0. The van der Waals surface area contributed by atoms with Crippen LogP contribution in [0, 0.1) is 0 Å². The van der Waals surface area contributed by atoms with Gasteiger partial charge in [0.25, 0.3) is 0 Å². The maximum atomic E-state index is 9.93. The molecular formula is C24H25ClN4O2S. The normalized spacial score (nSPS) is 10.8. The van der Waals surface area contributed by atoms with Gasteiger partial charge in [0.2, 0.25) is 0 Å². The average Bonchev–Trinajstić information content (AvgIpc) is 2.84. The molecule has 0 atom stereocenters. The van der Waals surface area contributed by atoms with Gasteiger partial charge in [-0.05, 0) is 60.5 Å². The average molecular weight is 469 g/mol. The molecule has 0 aliphatic heterocycles. The van der Waals surface area contributed by atoms with E-state index in [-0.39, 0.29) is 0 Å². The second-order valence-corrected chi connectivity index (χ2v) is 7.47. The number of nitrogens with two attached hydrogens (primary N) is 1. The van der Waals surface area contributed by atoms with Crippen LogP contribution < -0.4 is 20.5 Å². The third-order valence-electron chi connectivity index (χ3n) is 4.02. The lowest BCUT2D eigenvalue weighted by Crippen LogP contribution is -2.12. The van der Waals surface area contributed by atoms with Crippen LogP contribution in [0.3, 0.4) is 0 Å². The molecule has 0 heterocycles. The van der Waals surface area contributed by atoms with Crippen LogP contribution in [0.4, 0.5) is 11.4 Å². The van der Waals surface area contributed by atoms with E-state index in [1.165, 1.54) is 24.2 Å². The molecule has 3 rings (SSSR count). The lowest BCUT2D eigenvalue weighted by atomic mass is 10.2. The Balaban J connectivity index is 0.000000244. The van der Waals surface area contributed by atoms with Crippen LogP contribution in [0.1, 0.15) is 5.56 Å². The molecule has 3 aromatic carbocycles. The highest BCUT2D eigenvalue weighted by Gasteiger charge is 2.05. The van der Waals surface area contributed by atoms with E-state index in [0.717, 1.165) is 32.6 Å². The van der Waals surface area contributed by atoms with Crippen molar-refractivity contribution in [3.63, 3.8) is 0 Å². The van der Waals surface area contributed by atoms with E-state index in [4.69, 9.17) is 22.1 Å². The summed E-state index contributed by atoms with van der Waals surface area (Å²) in [5.41, 5.74) is 8.50. The van der Waals surface area contributed by atoms with Gasteiger partial charge in [-0.15, -0.1) is 0 Å². The van der Waals surface area contributed by atoms with Gasteiger partial charge in [-0.3, -0.25) is 4.79 Å². The fourth-order valence-electron chi connectivity index (χ4n) is 2.39. The first-order valence-electron chi connectivity index (χ1n) is 9.60. The van der Waals surface area contributed by atoms with Crippen molar-refractivity contribution in [2.24, 2.45) is 10.7 Å². The number of halogens is 1. The molecule has 0 radical (unpaired) electrons. The number of rotatable bonds is 8. The highest BCUT2D eigenvalue weighted by Crippen LogP contribution is 2.32. The van der Waals surface area contributed by atoms with Gasteiger partial charge in [0.15, 0.2) is 0 Å². The van der Waals surface area contributed by atoms with Crippen LogP contribution in [-0.4, -0.2) is 26.3 Å². The number of carbonyl (C=O) groups excluding carboxylic acids is 1. The SMILES string of the molecule is CNc1ccc(OC)c(SNc2ccc(Cl)cc2)c1.NC(=N/C=C/C=O)c1ccccc1. The number of aldehydes is 1. The molecule has 0 aliphatic carbocycles. The minimum atomic E-state index is 0.402. The summed E-state index contributed by atoms with van der Waals surface area (Å²) in [6.07, 6.45) is 3.31. The molecule has 0 saturated heterocycles. The Kier molecular flexibility index (Phi) is 10.7. The van der Waals surface area contributed by atoms with Gasteiger partial charge >= 0.3 is 0 Å². The number of nitrogens with zero attached hydrogens (tertiary/aromatic N) is 1. The number of amidine groups is 1. The van der Waals surface area contributed by atoms with Crippen molar-refractivity contribution in [3.8, 4) is 5.75 Å². The highest BCUT2D eigenvalue weighted by molar-refractivity contribution is 8.00. The summed E-state index contributed by atoms with van der Waals surface area (Å²) < 4.78 is 8.61. The summed E-state index contributed by atoms with van der Waals surface area (Å²) in [4.78, 5) is 14.8. The molecule has 0 unspecified atom stereocenters. The molecule has 4 N–H and O–H groups in total. The smallest absolute Gasteiger partial charge is 0.144 e. The van der Waals surface area contributed by atoms with Crippen molar-refractivity contribution in [1.29, 1.82) is 0 Å². The maximum Gasteiger partial charge on any atom is 0.144 e. The molecule has 0 aromatic heterocycles. The number of carbonyl (C=O) groups is 1. The zero-order valence-electron chi connectivity index (χ0n) is 17.8. The summed E-state index contributed by atoms with van der Waals surface area (Å²) in [6, 6.07) is 22.9. The summed E-state index contributed by atoms with van der Waals surface area (Å²) >= 11 is 7.36. The third kappa shape index (κ3) is 8.37. The van der Waals surface area contributed by atoms with E-state index < -0.39 is 0 Å². The number of aliphatic imine (C=N–C) groups is 1. The fourth-order valence-corrected chi connectivity index (χ4v) is 3.31. The van der Waals surface area contributed by atoms with Crippen LogP contribution in [0.15, 0.2) is 95.0 Å². The second kappa shape index (κ2) is 13.8. The number of methoxy groups -OCH3 is 1. The Morgan fingerprint density at radius 1 is 1.06 bits per heavy atom. The van der Waals surface area contributed by atoms with Crippen LogP contribution in [0.5, 0.6) is 5.75 Å². The number of hydrogen-bond acceptors (Lipinski definition) is 6. The van der Waals surface area contributed by atoms with E-state index in [1.807, 2.05) is 79.8 Å². The number of nitrogens with one attached hydrogen (secondary N) is 2. The molecule has 0 bridgehead atoms. The van der Waals surface area contributed by atoms with E-state index in [0.29, 0.717) is 12.1 Å². The predicted octanol–water partition coefficient (Wildman–Crippen LogP) is 5.61. The van der Waals surface area contributed by atoms with Gasteiger partial charge in [0.05, 0.1) is 12.0 Å². The predicted molar refractivity (Wildman–Crippen MR) is 136 cm³/mol. The van der Waals surface area contributed by atoms with Crippen LogP contribution in [0.2, 0.25) is 5.02 Å². The molecule has 32 heavy (non-hydrogen) atoms. The minimum absolute atomic E-state index is 0.402. The summed E-state index contributed by atoms with van der Waals surface area (Å²) in [5, 5.41) is 3.84. The van der Waals surface area contributed by atoms with Crippen molar-refractivity contribution in [2.45, 2.75) is 4.90 Å². The van der Waals surface area contributed by atoms with Gasteiger partial charge in [0, 0.05) is 35.2 Å². The number of ether oxygens (including phenoxy) is 1. The Morgan fingerprint density at radius 3 is 2.38 bits per heavy atom. The number of anilines is 2. The largest absolute Gasteiger partial charge is 0.496 e. The minimum Gasteiger partial charge on any atom is -0.496 e.